The van der Waals surface area contributed by atoms with Crippen LogP contribution in [0.2, 0.25) is 0 Å². The molecule has 2 aromatic carbocycles. The Morgan fingerprint density at radius 3 is 2.52 bits per heavy atom. The number of carboxylic acids is 1. The molecule has 0 spiro atoms. The smallest absolute Gasteiger partial charge is 0.354 e. The molecule has 0 bridgehead atoms. The van der Waals surface area contributed by atoms with E-state index < -0.39 is 5.97 Å². The third kappa shape index (κ3) is 2.69. The molecule has 104 valence electrons. The average molecular weight is 278 g/mol. The Hall–Kier alpha value is -2.88. The van der Waals surface area contributed by atoms with Crippen LogP contribution >= 0.6 is 0 Å². The molecule has 2 N–H and O–H groups in total. The highest BCUT2D eigenvalue weighted by molar-refractivity contribution is 5.98. The van der Waals surface area contributed by atoms with Gasteiger partial charge in [0.2, 0.25) is 0 Å². The summed E-state index contributed by atoms with van der Waals surface area (Å²) in [6, 6.07) is 17.0. The summed E-state index contributed by atoms with van der Waals surface area (Å²) >= 11 is 0. The quantitative estimate of drug-likeness (QED) is 0.760. The highest BCUT2D eigenvalue weighted by Gasteiger charge is 2.10. The van der Waals surface area contributed by atoms with Crippen LogP contribution < -0.4 is 5.32 Å². The summed E-state index contributed by atoms with van der Waals surface area (Å²) in [5.41, 5.74) is 3.51. The number of benzene rings is 2. The minimum absolute atomic E-state index is 0.0308. The summed E-state index contributed by atoms with van der Waals surface area (Å²) in [5.74, 6) is -1.03. The van der Waals surface area contributed by atoms with Crippen molar-refractivity contribution in [2.75, 3.05) is 5.32 Å². The van der Waals surface area contributed by atoms with E-state index in [4.69, 9.17) is 0 Å². The van der Waals surface area contributed by atoms with Crippen LogP contribution in [0.15, 0.2) is 54.6 Å². The number of carbonyl (C=O) groups is 1. The van der Waals surface area contributed by atoms with Gasteiger partial charge in [0.15, 0.2) is 5.69 Å². The Morgan fingerprint density at radius 1 is 1.10 bits per heavy atom. The lowest BCUT2D eigenvalue weighted by molar-refractivity contribution is 0.0691. The molecule has 0 saturated carbocycles. The Balaban J connectivity index is 2.11. The van der Waals surface area contributed by atoms with E-state index in [1.165, 1.54) is 5.56 Å². The molecule has 0 aliphatic rings. The van der Waals surface area contributed by atoms with Crippen molar-refractivity contribution in [3.8, 4) is 0 Å². The minimum atomic E-state index is -1.03. The van der Waals surface area contributed by atoms with Gasteiger partial charge in [-0.15, -0.1) is 0 Å². The number of rotatable bonds is 3. The number of carboxylic acid groups (broad SMARTS) is 1. The van der Waals surface area contributed by atoms with Gasteiger partial charge in [-0.1, -0.05) is 35.9 Å². The fraction of sp³-hybridized carbons (Fsp3) is 0.0588. The van der Waals surface area contributed by atoms with Crippen LogP contribution in [0.25, 0.3) is 10.9 Å². The zero-order chi connectivity index (χ0) is 14.8. The van der Waals surface area contributed by atoms with Crippen molar-refractivity contribution < 1.29 is 9.90 Å². The van der Waals surface area contributed by atoms with Crippen LogP contribution in [0.3, 0.4) is 0 Å². The number of pyridine rings is 1. The normalized spacial score (nSPS) is 10.5. The van der Waals surface area contributed by atoms with Crippen LogP contribution in [0.4, 0.5) is 11.4 Å². The Kier molecular flexibility index (Phi) is 3.28. The van der Waals surface area contributed by atoms with E-state index >= 15 is 0 Å². The van der Waals surface area contributed by atoms with Crippen molar-refractivity contribution >= 4 is 28.2 Å². The summed E-state index contributed by atoms with van der Waals surface area (Å²) in [6.45, 7) is 2.02. The number of aryl methyl sites for hydroxylation is 1. The molecule has 0 aliphatic heterocycles. The Bertz CT molecular complexity index is 811. The second-order valence-electron chi connectivity index (χ2n) is 4.87. The maximum absolute atomic E-state index is 11.2. The first-order chi connectivity index (χ1) is 10.1. The van der Waals surface area contributed by atoms with Crippen molar-refractivity contribution in [3.63, 3.8) is 0 Å². The molecule has 0 amide bonds. The van der Waals surface area contributed by atoms with Crippen LogP contribution in [-0.2, 0) is 0 Å². The van der Waals surface area contributed by atoms with Gasteiger partial charge in [-0.2, -0.15) is 0 Å². The van der Waals surface area contributed by atoms with Gasteiger partial charge in [-0.25, -0.2) is 9.78 Å². The lowest BCUT2D eigenvalue weighted by Gasteiger charge is -2.11. The first-order valence-corrected chi connectivity index (χ1v) is 6.60. The highest BCUT2D eigenvalue weighted by atomic mass is 16.4. The standard InChI is InChI=1S/C17H14N2O2/c1-11-6-8-12(9-7-11)18-15-10-16(17(20)21)19-14-5-3-2-4-13(14)15/h2-10H,1H3,(H,18,19)(H,20,21). The maximum Gasteiger partial charge on any atom is 0.354 e. The number of nitrogens with zero attached hydrogens (tertiary/aromatic N) is 1. The lowest BCUT2D eigenvalue weighted by atomic mass is 10.1. The number of anilines is 2. The number of hydrogen-bond donors (Lipinski definition) is 2. The molecule has 0 fully saturated rings. The van der Waals surface area contributed by atoms with Crippen molar-refractivity contribution in [2.45, 2.75) is 6.92 Å². The largest absolute Gasteiger partial charge is 0.477 e. The summed E-state index contributed by atoms with van der Waals surface area (Å²) in [7, 11) is 0. The average Bonchev–Trinajstić information content (AvgIpc) is 2.49. The number of fused-ring (bicyclic) bond motifs is 1. The van der Waals surface area contributed by atoms with Gasteiger partial charge in [0.25, 0.3) is 0 Å². The molecule has 0 radical (unpaired) electrons. The summed E-state index contributed by atoms with van der Waals surface area (Å²) in [4.78, 5) is 15.4. The van der Waals surface area contributed by atoms with E-state index in [0.29, 0.717) is 5.52 Å². The van der Waals surface area contributed by atoms with Crippen molar-refractivity contribution in [1.29, 1.82) is 0 Å². The Labute approximate surface area is 122 Å². The fourth-order valence-corrected chi connectivity index (χ4v) is 2.18. The van der Waals surface area contributed by atoms with Crippen LogP contribution in [-0.4, -0.2) is 16.1 Å². The van der Waals surface area contributed by atoms with Crippen LogP contribution in [0.1, 0.15) is 16.1 Å². The molecule has 4 nitrogen and oxygen atoms in total. The van der Waals surface area contributed by atoms with Gasteiger partial charge in [0.1, 0.15) is 0 Å². The predicted octanol–water partition coefficient (Wildman–Crippen LogP) is 3.99. The zero-order valence-electron chi connectivity index (χ0n) is 11.5. The Morgan fingerprint density at radius 2 is 1.81 bits per heavy atom. The third-order valence-corrected chi connectivity index (χ3v) is 3.27. The molecule has 3 rings (SSSR count). The second-order valence-corrected chi connectivity index (χ2v) is 4.87. The number of hydrogen-bond acceptors (Lipinski definition) is 3. The number of aromatic carboxylic acids is 1. The SMILES string of the molecule is Cc1ccc(Nc2cc(C(=O)O)nc3ccccc23)cc1. The first kappa shape index (κ1) is 13.1. The molecule has 21 heavy (non-hydrogen) atoms. The van der Waals surface area contributed by atoms with E-state index in [0.717, 1.165) is 16.8 Å². The second kappa shape index (κ2) is 5.25. The molecule has 0 saturated heterocycles. The lowest BCUT2D eigenvalue weighted by Crippen LogP contribution is -2.02. The zero-order valence-corrected chi connectivity index (χ0v) is 11.5. The van der Waals surface area contributed by atoms with E-state index in [9.17, 15) is 9.90 Å². The van der Waals surface area contributed by atoms with E-state index in [1.807, 2.05) is 55.5 Å². The van der Waals surface area contributed by atoms with Gasteiger partial charge in [0, 0.05) is 11.1 Å². The molecule has 1 aromatic heterocycles. The summed E-state index contributed by atoms with van der Waals surface area (Å²) in [5, 5.41) is 13.3. The molecule has 0 aliphatic carbocycles. The monoisotopic (exact) mass is 278 g/mol. The molecule has 1 heterocycles. The van der Waals surface area contributed by atoms with Crippen molar-refractivity contribution in [2.24, 2.45) is 0 Å². The van der Waals surface area contributed by atoms with Gasteiger partial charge >= 0.3 is 5.97 Å². The number of nitrogens with one attached hydrogen (secondary N) is 1. The molecule has 4 heteroatoms. The summed E-state index contributed by atoms with van der Waals surface area (Å²) < 4.78 is 0. The maximum atomic E-state index is 11.2. The van der Waals surface area contributed by atoms with E-state index in [2.05, 4.69) is 10.3 Å². The van der Waals surface area contributed by atoms with Crippen molar-refractivity contribution in [3.05, 3.63) is 65.9 Å². The molecule has 0 atom stereocenters. The molecule has 3 aromatic rings. The fourth-order valence-electron chi connectivity index (χ4n) is 2.18. The number of aromatic nitrogens is 1. The van der Waals surface area contributed by atoms with Gasteiger partial charge in [-0.05, 0) is 31.2 Å². The van der Waals surface area contributed by atoms with Crippen molar-refractivity contribution in [1.82, 2.24) is 4.98 Å². The third-order valence-electron chi connectivity index (χ3n) is 3.27. The van der Waals surface area contributed by atoms with Gasteiger partial charge in [-0.3, -0.25) is 0 Å². The van der Waals surface area contributed by atoms with Gasteiger partial charge < -0.3 is 10.4 Å². The van der Waals surface area contributed by atoms with Crippen LogP contribution in [0.5, 0.6) is 0 Å². The highest BCUT2D eigenvalue weighted by Crippen LogP contribution is 2.26. The molecular formula is C17H14N2O2. The summed E-state index contributed by atoms with van der Waals surface area (Å²) in [6.07, 6.45) is 0. The van der Waals surface area contributed by atoms with E-state index in [-0.39, 0.29) is 5.69 Å². The molecule has 0 unspecified atom stereocenters. The van der Waals surface area contributed by atoms with Crippen LogP contribution in [0, 0.1) is 6.92 Å². The topological polar surface area (TPSA) is 62.2 Å². The van der Waals surface area contributed by atoms with E-state index in [1.54, 1.807) is 6.07 Å². The minimum Gasteiger partial charge on any atom is -0.477 e. The predicted molar refractivity (Wildman–Crippen MR) is 83.2 cm³/mol. The number of para-hydroxylation sites is 1. The first-order valence-electron chi connectivity index (χ1n) is 6.60. The molecular weight excluding hydrogens is 264 g/mol. The van der Waals surface area contributed by atoms with Gasteiger partial charge in [0.05, 0.1) is 11.2 Å².